The fourth-order valence-electron chi connectivity index (χ4n) is 2.94. The average Bonchev–Trinajstić information content (AvgIpc) is 2.26. The number of halogens is 2. The lowest BCUT2D eigenvalue weighted by atomic mass is 9.74. The molecule has 1 aliphatic carbocycles. The monoisotopic (exact) mass is 253 g/mol. The fourth-order valence-corrected chi connectivity index (χ4v) is 2.94. The molecule has 0 aromatic heterocycles. The van der Waals surface area contributed by atoms with Crippen LogP contribution in [0.1, 0.15) is 32.1 Å². The zero-order valence-corrected chi connectivity index (χ0v) is 10.2. The molecular weight excluding hydrogens is 236 g/mol. The van der Waals surface area contributed by atoms with Gasteiger partial charge in [-0.25, -0.2) is 8.78 Å². The summed E-state index contributed by atoms with van der Waals surface area (Å²) in [5.41, 5.74) is 0.566. The second-order valence-electron chi connectivity index (χ2n) is 5.38. The third-order valence-electron chi connectivity index (χ3n) is 3.99. The first-order valence-electron chi connectivity index (χ1n) is 6.52. The Balaban J connectivity index is 1.68. The molecule has 1 unspecified atom stereocenters. The Morgan fingerprint density at radius 1 is 1.17 bits per heavy atom. The summed E-state index contributed by atoms with van der Waals surface area (Å²) >= 11 is 0. The Hall–Kier alpha value is -1.16. The second kappa shape index (κ2) is 4.50. The summed E-state index contributed by atoms with van der Waals surface area (Å²) in [5.74, 6) is -1.08. The maximum atomic E-state index is 13.1. The number of hydrogen-bond donors (Lipinski definition) is 1. The zero-order valence-electron chi connectivity index (χ0n) is 10.2. The zero-order chi connectivity index (χ0) is 12.6. The van der Waals surface area contributed by atoms with Gasteiger partial charge in [0.25, 0.3) is 0 Å². The molecule has 2 nitrogen and oxygen atoms in total. The molecule has 1 saturated carbocycles. The number of hydrogen-bond acceptors (Lipinski definition) is 2. The number of rotatable bonds is 2. The van der Waals surface area contributed by atoms with Gasteiger partial charge in [-0.2, -0.15) is 0 Å². The van der Waals surface area contributed by atoms with Gasteiger partial charge in [-0.15, -0.1) is 0 Å². The predicted molar refractivity (Wildman–Crippen MR) is 65.5 cm³/mol. The van der Waals surface area contributed by atoms with E-state index in [1.807, 2.05) is 0 Å². The van der Waals surface area contributed by atoms with Crippen molar-refractivity contribution in [3.8, 4) is 0 Å². The van der Waals surface area contributed by atoms with Crippen LogP contribution in [0.4, 0.5) is 14.5 Å². The van der Waals surface area contributed by atoms with Crippen molar-refractivity contribution in [2.75, 3.05) is 11.9 Å². The molecule has 0 radical (unpaired) electrons. The smallest absolute Gasteiger partial charge is 0.128 e. The highest BCUT2D eigenvalue weighted by Gasteiger charge is 2.42. The Morgan fingerprint density at radius 2 is 1.89 bits per heavy atom. The predicted octanol–water partition coefficient (Wildman–Crippen LogP) is 3.48. The van der Waals surface area contributed by atoms with Crippen LogP contribution < -0.4 is 5.32 Å². The van der Waals surface area contributed by atoms with Gasteiger partial charge in [-0.05, 0) is 44.2 Å². The molecule has 1 aromatic rings. The number of anilines is 1. The molecule has 1 N–H and O–H groups in total. The summed E-state index contributed by atoms with van der Waals surface area (Å²) in [6.45, 7) is 0.732. The van der Waals surface area contributed by atoms with Crippen molar-refractivity contribution in [2.24, 2.45) is 0 Å². The van der Waals surface area contributed by atoms with Crippen LogP contribution in [0.2, 0.25) is 0 Å². The molecule has 4 heteroatoms. The van der Waals surface area contributed by atoms with Gasteiger partial charge in [0.05, 0.1) is 5.60 Å². The highest BCUT2D eigenvalue weighted by Crippen LogP contribution is 2.42. The lowest BCUT2D eigenvalue weighted by molar-refractivity contribution is -0.130. The summed E-state index contributed by atoms with van der Waals surface area (Å²) in [5, 5.41) is 3.23. The highest BCUT2D eigenvalue weighted by molar-refractivity contribution is 5.44. The van der Waals surface area contributed by atoms with Crippen LogP contribution in [0, 0.1) is 11.6 Å². The Kier molecular flexibility index (Phi) is 2.98. The SMILES string of the molecule is Fc1cc(F)cc(NC2CCOC3(CCC3)C2)c1. The second-order valence-corrected chi connectivity index (χ2v) is 5.38. The highest BCUT2D eigenvalue weighted by atomic mass is 19.1. The molecule has 0 amide bonds. The van der Waals surface area contributed by atoms with Crippen molar-refractivity contribution in [1.82, 2.24) is 0 Å². The van der Waals surface area contributed by atoms with E-state index in [9.17, 15) is 8.78 Å². The van der Waals surface area contributed by atoms with Crippen LogP contribution in [-0.2, 0) is 4.74 Å². The van der Waals surface area contributed by atoms with Crippen molar-refractivity contribution in [3.05, 3.63) is 29.8 Å². The van der Waals surface area contributed by atoms with Crippen LogP contribution >= 0.6 is 0 Å². The van der Waals surface area contributed by atoms with Crippen molar-refractivity contribution in [3.63, 3.8) is 0 Å². The van der Waals surface area contributed by atoms with Gasteiger partial charge in [0.2, 0.25) is 0 Å². The van der Waals surface area contributed by atoms with Crippen LogP contribution in [-0.4, -0.2) is 18.2 Å². The molecule has 1 aromatic carbocycles. The van der Waals surface area contributed by atoms with Gasteiger partial charge >= 0.3 is 0 Å². The third kappa shape index (κ3) is 2.34. The van der Waals surface area contributed by atoms with Crippen LogP contribution in [0.5, 0.6) is 0 Å². The normalized spacial score (nSPS) is 25.8. The van der Waals surface area contributed by atoms with Crippen molar-refractivity contribution in [2.45, 2.75) is 43.7 Å². The van der Waals surface area contributed by atoms with E-state index in [0.29, 0.717) is 5.69 Å². The van der Waals surface area contributed by atoms with Gasteiger partial charge in [0.15, 0.2) is 0 Å². The van der Waals surface area contributed by atoms with E-state index in [1.165, 1.54) is 18.6 Å². The molecular formula is C14H17F2NO. The molecule has 1 aliphatic heterocycles. The summed E-state index contributed by atoms with van der Waals surface area (Å²) < 4.78 is 32.0. The summed E-state index contributed by atoms with van der Waals surface area (Å²) in [6, 6.07) is 3.82. The molecule has 18 heavy (non-hydrogen) atoms. The van der Waals surface area contributed by atoms with Gasteiger partial charge < -0.3 is 10.1 Å². The maximum absolute atomic E-state index is 13.1. The van der Waals surface area contributed by atoms with Crippen molar-refractivity contribution in [1.29, 1.82) is 0 Å². The standard InChI is InChI=1S/C14H17F2NO/c15-10-6-11(16)8-13(7-10)17-12-2-5-18-14(9-12)3-1-4-14/h6-8,12,17H,1-5,9H2. The van der Waals surface area contributed by atoms with Gasteiger partial charge in [-0.3, -0.25) is 0 Å². The van der Waals surface area contributed by atoms with E-state index in [2.05, 4.69) is 5.32 Å². The van der Waals surface area contributed by atoms with E-state index in [4.69, 9.17) is 4.74 Å². The lowest BCUT2D eigenvalue weighted by Gasteiger charge is -2.47. The van der Waals surface area contributed by atoms with Crippen molar-refractivity contribution >= 4 is 5.69 Å². The molecule has 1 saturated heterocycles. The quantitative estimate of drug-likeness (QED) is 0.871. The average molecular weight is 253 g/mol. The Morgan fingerprint density at radius 3 is 2.50 bits per heavy atom. The Labute approximate surface area is 105 Å². The molecule has 3 rings (SSSR count). The molecule has 2 aliphatic rings. The van der Waals surface area contributed by atoms with Crippen molar-refractivity contribution < 1.29 is 13.5 Å². The fraction of sp³-hybridized carbons (Fsp3) is 0.571. The number of benzene rings is 1. The summed E-state index contributed by atoms with van der Waals surface area (Å²) in [6.07, 6.45) is 5.28. The Bertz CT molecular complexity index is 425. The van der Waals surface area contributed by atoms with Gasteiger partial charge in [0.1, 0.15) is 11.6 Å². The first-order valence-corrected chi connectivity index (χ1v) is 6.52. The van der Waals surface area contributed by atoms with Crippen LogP contribution in [0.15, 0.2) is 18.2 Å². The third-order valence-corrected chi connectivity index (χ3v) is 3.99. The summed E-state index contributed by atoms with van der Waals surface area (Å²) in [7, 11) is 0. The topological polar surface area (TPSA) is 21.3 Å². The van der Waals surface area contributed by atoms with Gasteiger partial charge in [-0.1, -0.05) is 0 Å². The first-order chi connectivity index (χ1) is 8.65. The lowest BCUT2D eigenvalue weighted by Crippen LogP contribution is -2.49. The molecule has 2 fully saturated rings. The number of nitrogens with one attached hydrogen (secondary N) is 1. The van der Waals surface area contributed by atoms with Crippen LogP contribution in [0.25, 0.3) is 0 Å². The minimum atomic E-state index is -0.539. The largest absolute Gasteiger partial charge is 0.382 e. The molecule has 1 atom stereocenters. The molecule has 1 heterocycles. The van der Waals surface area contributed by atoms with E-state index in [-0.39, 0.29) is 11.6 Å². The van der Waals surface area contributed by atoms with E-state index in [0.717, 1.165) is 38.4 Å². The molecule has 0 bridgehead atoms. The first kappa shape index (κ1) is 11.9. The number of ether oxygens (including phenoxy) is 1. The van der Waals surface area contributed by atoms with Gasteiger partial charge in [0, 0.05) is 24.4 Å². The minimum absolute atomic E-state index is 0.0434. The summed E-state index contributed by atoms with van der Waals surface area (Å²) in [4.78, 5) is 0. The minimum Gasteiger partial charge on any atom is -0.382 e. The maximum Gasteiger partial charge on any atom is 0.128 e. The molecule has 98 valence electrons. The van der Waals surface area contributed by atoms with E-state index in [1.54, 1.807) is 0 Å². The van der Waals surface area contributed by atoms with Crippen LogP contribution in [0.3, 0.4) is 0 Å². The molecule has 1 spiro atoms. The van der Waals surface area contributed by atoms with E-state index < -0.39 is 11.6 Å². The van der Waals surface area contributed by atoms with E-state index >= 15 is 0 Å².